The number of thiophene rings is 1. The first-order valence-corrected chi connectivity index (χ1v) is 14.3. The zero-order valence-electron chi connectivity index (χ0n) is 19.4. The number of aromatic nitrogens is 4. The molecule has 2 fully saturated rings. The van der Waals surface area contributed by atoms with Gasteiger partial charge in [0.05, 0.1) is 40.5 Å². The maximum atomic E-state index is 11.8. The van der Waals surface area contributed by atoms with Crippen molar-refractivity contribution in [2.45, 2.75) is 12.6 Å². The molecule has 0 radical (unpaired) electrons. The zero-order valence-corrected chi connectivity index (χ0v) is 21.0. The number of sulfonamides is 1. The Hall–Kier alpha value is -2.48. The van der Waals surface area contributed by atoms with Crippen molar-refractivity contribution in [2.75, 3.05) is 52.1 Å². The van der Waals surface area contributed by atoms with Crippen molar-refractivity contribution < 1.29 is 13.2 Å². The number of benzene rings is 1. The molecule has 0 saturated carbocycles. The second-order valence-electron chi connectivity index (χ2n) is 9.00. The molecule has 2 saturated heterocycles. The van der Waals surface area contributed by atoms with E-state index in [0.717, 1.165) is 45.5 Å². The Morgan fingerprint density at radius 2 is 2.06 bits per heavy atom. The van der Waals surface area contributed by atoms with Crippen LogP contribution in [-0.2, 0) is 21.3 Å². The molecule has 184 valence electrons. The molecule has 2 N–H and O–H groups in total. The fraction of sp³-hybridized carbons (Fsp3) is 0.435. The summed E-state index contributed by atoms with van der Waals surface area (Å²) in [6.45, 7) is 5.42. The molecule has 2 aliphatic rings. The van der Waals surface area contributed by atoms with Gasteiger partial charge in [0.2, 0.25) is 10.0 Å². The van der Waals surface area contributed by atoms with Gasteiger partial charge in [0.15, 0.2) is 5.82 Å². The molecule has 6 rings (SSSR count). The number of piperazine rings is 1. The van der Waals surface area contributed by atoms with Crippen molar-refractivity contribution in [1.82, 2.24) is 34.7 Å². The molecule has 0 amide bonds. The van der Waals surface area contributed by atoms with Gasteiger partial charge in [0, 0.05) is 61.6 Å². The summed E-state index contributed by atoms with van der Waals surface area (Å²) in [5, 5.41) is 11.6. The normalized spacial score (nSPS) is 20.7. The van der Waals surface area contributed by atoms with Gasteiger partial charge in [-0.1, -0.05) is 12.1 Å². The second kappa shape index (κ2) is 9.19. The number of morpholine rings is 1. The number of rotatable bonds is 5. The van der Waals surface area contributed by atoms with E-state index in [1.165, 1.54) is 11.1 Å². The first-order chi connectivity index (χ1) is 17.0. The van der Waals surface area contributed by atoms with Crippen molar-refractivity contribution >= 4 is 42.5 Å². The van der Waals surface area contributed by atoms with Gasteiger partial charge in [-0.25, -0.2) is 18.4 Å². The predicted molar refractivity (Wildman–Crippen MR) is 136 cm³/mol. The van der Waals surface area contributed by atoms with Gasteiger partial charge in [-0.05, 0) is 12.1 Å². The molecule has 0 aliphatic carbocycles. The number of hydrogen-bond acceptors (Lipinski definition) is 9. The van der Waals surface area contributed by atoms with E-state index >= 15 is 0 Å². The van der Waals surface area contributed by atoms with E-state index in [1.807, 2.05) is 24.4 Å². The highest BCUT2D eigenvalue weighted by molar-refractivity contribution is 7.88. The minimum atomic E-state index is -3.14. The topological polar surface area (TPSA) is 116 Å². The van der Waals surface area contributed by atoms with Crippen molar-refractivity contribution in [2.24, 2.45) is 0 Å². The van der Waals surface area contributed by atoms with E-state index in [1.54, 1.807) is 15.6 Å². The van der Waals surface area contributed by atoms with Crippen LogP contribution in [0.1, 0.15) is 16.7 Å². The molecule has 35 heavy (non-hydrogen) atoms. The van der Waals surface area contributed by atoms with Crippen LogP contribution in [0.3, 0.4) is 0 Å². The maximum absolute atomic E-state index is 11.8. The van der Waals surface area contributed by atoms with Crippen LogP contribution in [0, 0.1) is 0 Å². The summed E-state index contributed by atoms with van der Waals surface area (Å²) in [7, 11) is -3.14. The molecule has 1 atom stereocenters. The number of nitrogens with one attached hydrogen (secondary N) is 2. The smallest absolute Gasteiger partial charge is 0.211 e. The third-order valence-electron chi connectivity index (χ3n) is 6.59. The minimum absolute atomic E-state index is 0.138. The number of nitrogens with zero attached hydrogens (tertiary/aromatic N) is 5. The van der Waals surface area contributed by atoms with Crippen molar-refractivity contribution in [3.63, 3.8) is 0 Å². The average molecular weight is 514 g/mol. The fourth-order valence-corrected chi connectivity index (χ4v) is 6.76. The molecule has 3 aromatic heterocycles. The summed E-state index contributed by atoms with van der Waals surface area (Å²) in [4.78, 5) is 13.5. The molecule has 1 aromatic carbocycles. The molecule has 2 aliphatic heterocycles. The van der Waals surface area contributed by atoms with Crippen LogP contribution in [0.5, 0.6) is 0 Å². The van der Waals surface area contributed by atoms with Gasteiger partial charge in [0.1, 0.15) is 6.10 Å². The van der Waals surface area contributed by atoms with Gasteiger partial charge in [0.25, 0.3) is 0 Å². The van der Waals surface area contributed by atoms with Gasteiger partial charge in [-0.3, -0.25) is 10.00 Å². The quantitative estimate of drug-likeness (QED) is 0.416. The molecular weight excluding hydrogens is 486 g/mol. The molecule has 0 spiro atoms. The number of ether oxygens (including phenoxy) is 1. The predicted octanol–water partition coefficient (Wildman–Crippen LogP) is 1.97. The van der Waals surface area contributed by atoms with E-state index in [4.69, 9.17) is 14.7 Å². The fourth-order valence-electron chi connectivity index (χ4n) is 4.76. The maximum Gasteiger partial charge on any atom is 0.211 e. The first kappa shape index (κ1) is 23.0. The van der Waals surface area contributed by atoms with Crippen molar-refractivity contribution in [1.29, 1.82) is 0 Å². The van der Waals surface area contributed by atoms with Gasteiger partial charge in [-0.15, -0.1) is 11.3 Å². The number of fused-ring (bicyclic) bond motifs is 2. The van der Waals surface area contributed by atoms with Crippen LogP contribution < -0.4 is 5.32 Å². The summed E-state index contributed by atoms with van der Waals surface area (Å²) in [6.07, 6.45) is 2.95. The monoisotopic (exact) mass is 513 g/mol. The summed E-state index contributed by atoms with van der Waals surface area (Å²) < 4.78 is 32.4. The molecule has 5 heterocycles. The second-order valence-corrected chi connectivity index (χ2v) is 12.1. The number of hydrogen-bond donors (Lipinski definition) is 2. The number of H-pyrrole nitrogens is 1. The lowest BCUT2D eigenvalue weighted by atomic mass is 10.1. The zero-order chi connectivity index (χ0) is 24.0. The van der Waals surface area contributed by atoms with Gasteiger partial charge < -0.3 is 10.1 Å². The van der Waals surface area contributed by atoms with Crippen molar-refractivity contribution in [3.8, 4) is 11.4 Å². The van der Waals surface area contributed by atoms with Gasteiger partial charge in [-0.2, -0.15) is 9.40 Å². The Labute approximate surface area is 207 Å². The minimum Gasteiger partial charge on any atom is -0.369 e. The van der Waals surface area contributed by atoms with E-state index < -0.39 is 10.0 Å². The number of aromatic amines is 1. The highest BCUT2D eigenvalue weighted by Crippen LogP contribution is 2.35. The Kier molecular flexibility index (Phi) is 6.03. The third kappa shape index (κ3) is 4.57. The lowest BCUT2D eigenvalue weighted by Gasteiger charge is -2.32. The van der Waals surface area contributed by atoms with E-state index in [0.29, 0.717) is 45.2 Å². The molecule has 4 aromatic rings. The Bertz CT molecular complexity index is 1470. The average Bonchev–Trinajstić information content (AvgIpc) is 3.50. The Morgan fingerprint density at radius 1 is 1.20 bits per heavy atom. The van der Waals surface area contributed by atoms with Gasteiger partial charge >= 0.3 is 0 Å². The van der Waals surface area contributed by atoms with Crippen LogP contribution in [0.25, 0.3) is 32.5 Å². The SMILES string of the molecule is CS(=O)(=O)N1CCN(Cc2cc3nc(-c4cccc5[nH]ncc45)nc(C4CNCCO4)c3s2)CC1. The van der Waals surface area contributed by atoms with Crippen LogP contribution in [0.15, 0.2) is 30.5 Å². The Balaban J connectivity index is 1.36. The first-order valence-electron chi connectivity index (χ1n) is 11.7. The summed E-state index contributed by atoms with van der Waals surface area (Å²) in [5.41, 5.74) is 3.71. The van der Waals surface area contributed by atoms with E-state index in [2.05, 4.69) is 26.5 Å². The van der Waals surface area contributed by atoms with Crippen LogP contribution in [0.2, 0.25) is 0 Å². The largest absolute Gasteiger partial charge is 0.369 e. The lowest BCUT2D eigenvalue weighted by Crippen LogP contribution is -2.47. The van der Waals surface area contributed by atoms with Crippen molar-refractivity contribution in [3.05, 3.63) is 41.0 Å². The van der Waals surface area contributed by atoms with E-state index in [9.17, 15) is 8.42 Å². The molecule has 1 unspecified atom stereocenters. The third-order valence-corrected chi connectivity index (χ3v) is 9.02. The summed E-state index contributed by atoms with van der Waals surface area (Å²) in [5.74, 6) is 0.666. The summed E-state index contributed by atoms with van der Waals surface area (Å²) >= 11 is 1.70. The molecule has 0 bridgehead atoms. The van der Waals surface area contributed by atoms with Crippen LogP contribution >= 0.6 is 11.3 Å². The molecule has 12 heteroatoms. The Morgan fingerprint density at radius 3 is 2.83 bits per heavy atom. The lowest BCUT2D eigenvalue weighted by molar-refractivity contribution is 0.0261. The van der Waals surface area contributed by atoms with Crippen LogP contribution in [-0.4, -0.2) is 89.9 Å². The highest BCUT2D eigenvalue weighted by Gasteiger charge is 2.26. The standard InChI is InChI=1S/C23H27N7O3S2/c1-35(31,32)30-8-6-29(7-9-30)14-15-11-19-22(34-15)21(20-13-24-5-10-33-20)27-23(26-19)16-3-2-4-18-17(16)12-25-28-18/h2-4,11-12,20,24H,5-10,13-14H2,1H3,(H,25,28). The summed E-state index contributed by atoms with van der Waals surface area (Å²) in [6, 6.07) is 8.14. The highest BCUT2D eigenvalue weighted by atomic mass is 32.2. The van der Waals surface area contributed by atoms with Crippen LogP contribution in [0.4, 0.5) is 0 Å². The molecular formula is C23H27N7O3S2. The molecule has 10 nitrogen and oxygen atoms in total. The van der Waals surface area contributed by atoms with E-state index in [-0.39, 0.29) is 6.10 Å².